The Morgan fingerprint density at radius 1 is 1.02 bits per heavy atom. The number of carbonyl (C=O) groups excluding carboxylic acids is 3. The van der Waals surface area contributed by atoms with Gasteiger partial charge in [-0.3, -0.25) is 15.4 Å². The molecule has 0 saturated heterocycles. The average Bonchev–Trinajstić information content (AvgIpc) is 3.72. The van der Waals surface area contributed by atoms with Crippen molar-refractivity contribution in [2.24, 2.45) is 5.84 Å². The number of nitrogens with two attached hydrogens (primary N) is 2. The number of fused-ring (bicyclic) bond motifs is 6. The van der Waals surface area contributed by atoms with Gasteiger partial charge in [-0.25, -0.2) is 24.4 Å². The smallest absolute Gasteiger partial charge is 0.407 e. The first-order chi connectivity index (χ1) is 24.6. The second kappa shape index (κ2) is 15.1. The number of rotatable bonds is 13. The molecule has 2 aromatic heterocycles. The summed E-state index contributed by atoms with van der Waals surface area (Å²) in [5.74, 6) is 14.1. The number of ether oxygens (including phenoxy) is 2. The third-order valence-electron chi connectivity index (χ3n) is 8.88. The summed E-state index contributed by atoms with van der Waals surface area (Å²) in [6.45, 7) is 5.96. The predicted molar refractivity (Wildman–Crippen MR) is 193 cm³/mol. The summed E-state index contributed by atoms with van der Waals surface area (Å²) in [4.78, 5) is 53.1. The number of H-pyrrole nitrogens is 1. The molecule has 0 fully saturated rings. The van der Waals surface area contributed by atoms with Crippen LogP contribution >= 0.6 is 0 Å². The van der Waals surface area contributed by atoms with E-state index in [1.54, 1.807) is 27.7 Å². The van der Waals surface area contributed by atoms with Crippen molar-refractivity contribution in [2.45, 2.75) is 46.4 Å². The van der Waals surface area contributed by atoms with Crippen molar-refractivity contribution in [1.29, 1.82) is 0 Å². The van der Waals surface area contributed by atoms with Gasteiger partial charge in [-0.2, -0.15) is 0 Å². The monoisotopic (exact) mass is 696 g/mol. The van der Waals surface area contributed by atoms with E-state index in [-0.39, 0.29) is 38.0 Å². The van der Waals surface area contributed by atoms with Gasteiger partial charge in [0.15, 0.2) is 0 Å². The van der Waals surface area contributed by atoms with Crippen molar-refractivity contribution < 1.29 is 23.9 Å². The van der Waals surface area contributed by atoms with E-state index in [0.29, 0.717) is 31.3 Å². The van der Waals surface area contributed by atoms with Gasteiger partial charge >= 0.3 is 6.09 Å². The van der Waals surface area contributed by atoms with Gasteiger partial charge < -0.3 is 35.4 Å². The molecule has 0 unspecified atom stereocenters. The van der Waals surface area contributed by atoms with Crippen molar-refractivity contribution in [1.82, 2.24) is 39.8 Å². The molecule has 15 heteroatoms. The third kappa shape index (κ3) is 7.44. The highest BCUT2D eigenvalue weighted by Crippen LogP contribution is 2.42. The van der Waals surface area contributed by atoms with E-state index in [9.17, 15) is 14.4 Å². The Morgan fingerprint density at radius 2 is 1.78 bits per heavy atom. The lowest BCUT2D eigenvalue weighted by atomic mass is 9.92. The molecule has 6 rings (SSSR count). The van der Waals surface area contributed by atoms with E-state index in [1.807, 2.05) is 38.1 Å². The van der Waals surface area contributed by atoms with Gasteiger partial charge in [-0.15, -0.1) is 0 Å². The molecule has 3 aromatic carbocycles. The topological polar surface area (TPSA) is 190 Å². The Kier molecular flexibility index (Phi) is 10.4. The third-order valence-corrected chi connectivity index (χ3v) is 8.88. The molecule has 15 nitrogen and oxygen atoms in total. The Morgan fingerprint density at radius 3 is 2.51 bits per heavy atom. The fourth-order valence-corrected chi connectivity index (χ4v) is 6.44. The summed E-state index contributed by atoms with van der Waals surface area (Å²) in [5, 5.41) is 5.70. The van der Waals surface area contributed by atoms with Crippen LogP contribution in [0.4, 0.5) is 4.79 Å². The summed E-state index contributed by atoms with van der Waals surface area (Å²) >= 11 is 0. The molecule has 3 heterocycles. The van der Waals surface area contributed by atoms with Crippen LogP contribution in [0.1, 0.15) is 43.9 Å². The fourth-order valence-electron chi connectivity index (χ4n) is 6.44. The molecule has 268 valence electrons. The number of hydrogen-bond acceptors (Lipinski definition) is 10. The van der Waals surface area contributed by atoms with Gasteiger partial charge in [0.25, 0.3) is 0 Å². The van der Waals surface area contributed by atoms with E-state index in [2.05, 4.69) is 38.2 Å². The standard InChI is InChI=1S/C36H44N10O5/c1-5-11-44(33(47)17-40-36(49)50-4)18-31-39-16-29(41-31)23-7-9-25-24(13-23)21-51-30-15-26-22(14-27(25)30)8-10-28-35(26)46(38)32(42-28)19-45(12-6-2)34(48)20-43(3)37/h7-10,13-16H,5-6,11-12,17-21,37-38H2,1-4H3,(H,39,41)(H,40,49). The van der Waals surface area contributed by atoms with E-state index < -0.39 is 6.09 Å². The van der Waals surface area contributed by atoms with Gasteiger partial charge in [-0.05, 0) is 59.2 Å². The van der Waals surface area contributed by atoms with Gasteiger partial charge in [-0.1, -0.05) is 32.0 Å². The van der Waals surface area contributed by atoms with Crippen LogP contribution in [0.2, 0.25) is 0 Å². The minimum Gasteiger partial charge on any atom is -0.488 e. The number of methoxy groups -OCH3 is 1. The van der Waals surface area contributed by atoms with Gasteiger partial charge in [0, 0.05) is 31.1 Å². The lowest BCUT2D eigenvalue weighted by Gasteiger charge is -2.23. The Labute approximate surface area is 295 Å². The van der Waals surface area contributed by atoms with Gasteiger partial charge in [0.05, 0.1) is 49.7 Å². The molecule has 1 aliphatic rings. The number of aromatic nitrogens is 4. The number of alkyl carbamates (subject to hydrolysis) is 1. The SMILES string of the molecule is CCCN(Cc1ncc(-c2ccc3c(c2)COc2cc4c(ccc5nc(CN(CCC)C(=O)CN(C)N)n(N)c54)cc2-3)[nH]1)C(=O)CNC(=O)OC. The van der Waals surface area contributed by atoms with Crippen LogP contribution in [-0.4, -0.2) is 92.7 Å². The summed E-state index contributed by atoms with van der Waals surface area (Å²) < 4.78 is 12.5. The zero-order valence-corrected chi connectivity index (χ0v) is 29.4. The van der Waals surface area contributed by atoms with Crippen molar-refractivity contribution in [3.8, 4) is 28.1 Å². The number of nitrogen functional groups attached to an aromatic ring is 1. The number of nitrogens with zero attached hydrogens (tertiary/aromatic N) is 6. The first-order valence-corrected chi connectivity index (χ1v) is 17.0. The summed E-state index contributed by atoms with van der Waals surface area (Å²) in [6, 6.07) is 14.3. The summed E-state index contributed by atoms with van der Waals surface area (Å²) in [5.41, 5.74) is 6.34. The van der Waals surface area contributed by atoms with Crippen molar-refractivity contribution in [3.05, 3.63) is 65.9 Å². The molecule has 3 amide bonds. The highest BCUT2D eigenvalue weighted by molar-refractivity contribution is 6.07. The van der Waals surface area contributed by atoms with Crippen LogP contribution in [0.3, 0.4) is 0 Å². The van der Waals surface area contributed by atoms with Crippen LogP contribution in [0.25, 0.3) is 44.2 Å². The normalized spacial score (nSPS) is 12.0. The highest BCUT2D eigenvalue weighted by atomic mass is 16.5. The number of imidazole rings is 2. The zero-order chi connectivity index (χ0) is 36.2. The molecule has 0 atom stereocenters. The van der Waals surface area contributed by atoms with Crippen LogP contribution in [0.15, 0.2) is 48.7 Å². The molecule has 5 aromatic rings. The molecule has 0 aliphatic carbocycles. The molecule has 0 bridgehead atoms. The second-order valence-electron chi connectivity index (χ2n) is 12.7. The van der Waals surface area contributed by atoms with Crippen molar-refractivity contribution in [3.63, 3.8) is 0 Å². The van der Waals surface area contributed by atoms with E-state index >= 15 is 0 Å². The predicted octanol–water partition coefficient (Wildman–Crippen LogP) is 3.49. The van der Waals surface area contributed by atoms with Crippen molar-refractivity contribution in [2.75, 3.05) is 46.2 Å². The minimum atomic E-state index is -0.654. The first kappa shape index (κ1) is 35.2. The van der Waals surface area contributed by atoms with Crippen molar-refractivity contribution >= 4 is 39.7 Å². The Bertz CT molecular complexity index is 2090. The lowest BCUT2D eigenvalue weighted by Crippen LogP contribution is -2.42. The second-order valence-corrected chi connectivity index (χ2v) is 12.7. The number of amides is 3. The van der Waals surface area contributed by atoms with E-state index in [1.165, 1.54) is 12.1 Å². The Balaban J connectivity index is 1.24. The van der Waals surface area contributed by atoms with Crippen LogP contribution in [0, 0.1) is 0 Å². The number of nitrogens with one attached hydrogen (secondary N) is 2. The van der Waals surface area contributed by atoms with Crippen LogP contribution in [-0.2, 0) is 34.0 Å². The first-order valence-electron chi connectivity index (χ1n) is 17.0. The number of hydrogen-bond donors (Lipinski definition) is 4. The zero-order valence-electron chi connectivity index (χ0n) is 29.4. The number of carbonyl (C=O) groups is 3. The summed E-state index contributed by atoms with van der Waals surface area (Å²) in [7, 11) is 2.92. The number of aromatic amines is 1. The van der Waals surface area contributed by atoms with E-state index in [0.717, 1.165) is 68.3 Å². The van der Waals surface area contributed by atoms with Crippen LogP contribution < -0.4 is 21.7 Å². The molecule has 0 saturated carbocycles. The van der Waals surface area contributed by atoms with E-state index in [4.69, 9.17) is 21.4 Å². The average molecular weight is 697 g/mol. The molecule has 0 radical (unpaired) electrons. The molecule has 6 N–H and O–H groups in total. The maximum atomic E-state index is 12.9. The van der Waals surface area contributed by atoms with Gasteiger partial charge in [0.1, 0.15) is 30.5 Å². The number of likely N-dealkylation sites (N-methyl/N-ethyl adjacent to an activating group) is 1. The maximum Gasteiger partial charge on any atom is 0.407 e. The fraction of sp³-hybridized carbons (Fsp3) is 0.361. The number of benzene rings is 3. The minimum absolute atomic E-state index is 0.0898. The molecular weight excluding hydrogens is 652 g/mol. The number of hydrazine groups is 1. The molecular formula is C36H44N10O5. The maximum absolute atomic E-state index is 12.9. The lowest BCUT2D eigenvalue weighted by molar-refractivity contribution is -0.133. The Hall–Kier alpha value is -5.67. The molecule has 1 aliphatic heterocycles. The quantitative estimate of drug-likeness (QED) is 0.105. The molecule has 0 spiro atoms. The van der Waals surface area contributed by atoms with Gasteiger partial charge in [0.2, 0.25) is 11.8 Å². The highest BCUT2D eigenvalue weighted by Gasteiger charge is 2.23. The summed E-state index contributed by atoms with van der Waals surface area (Å²) in [6.07, 6.45) is 2.66. The van der Waals surface area contributed by atoms with Crippen LogP contribution in [0.5, 0.6) is 5.75 Å². The largest absolute Gasteiger partial charge is 0.488 e. The molecule has 51 heavy (non-hydrogen) atoms.